The number of nitrogens with zero attached hydrogens (tertiary/aromatic N) is 2. The first-order valence-electron chi connectivity index (χ1n) is 9.56. The van der Waals surface area contributed by atoms with Gasteiger partial charge in [-0.2, -0.15) is 0 Å². The Morgan fingerprint density at radius 1 is 0.862 bits per heavy atom. The Bertz CT molecular complexity index is 1030. The average molecular weight is 390 g/mol. The summed E-state index contributed by atoms with van der Waals surface area (Å²) in [5, 5.41) is 0. The minimum atomic E-state index is -0.694. The van der Waals surface area contributed by atoms with Gasteiger partial charge in [0.25, 0.3) is 11.8 Å². The molecule has 0 aromatic heterocycles. The van der Waals surface area contributed by atoms with Gasteiger partial charge in [-0.1, -0.05) is 30.3 Å². The molecule has 0 N–H and O–H groups in total. The van der Waals surface area contributed by atoms with Crippen molar-refractivity contribution in [2.24, 2.45) is 0 Å². The van der Waals surface area contributed by atoms with E-state index in [1.165, 1.54) is 0 Å². The van der Waals surface area contributed by atoms with Crippen molar-refractivity contribution in [1.82, 2.24) is 9.80 Å². The van der Waals surface area contributed by atoms with E-state index in [1.54, 1.807) is 41.3 Å². The Labute approximate surface area is 166 Å². The summed E-state index contributed by atoms with van der Waals surface area (Å²) in [6, 6.07) is 13.9. The van der Waals surface area contributed by atoms with Crippen LogP contribution < -0.4 is 0 Å². The first-order chi connectivity index (χ1) is 14.0. The predicted molar refractivity (Wildman–Crippen MR) is 101 cm³/mol. The lowest BCUT2D eigenvalue weighted by molar-refractivity contribution is -0.135. The van der Waals surface area contributed by atoms with Crippen molar-refractivity contribution >= 4 is 23.7 Å². The molecule has 0 unspecified atom stereocenters. The van der Waals surface area contributed by atoms with Crippen molar-refractivity contribution in [3.8, 4) is 0 Å². The second-order valence-electron chi connectivity index (χ2n) is 7.55. The lowest BCUT2D eigenvalue weighted by Crippen LogP contribution is -2.49. The summed E-state index contributed by atoms with van der Waals surface area (Å²) in [5.74, 6) is -1.49. The number of imide groups is 1. The topological polar surface area (TPSA) is 84.0 Å². The molecule has 0 bridgehead atoms. The standard InChI is InChI=1S/C22H18N2O5/c25-18(13-24-19(26)14-5-1-2-6-15(14)20(24)27)23-11-9-22(10-12-23)17-8-4-3-7-16(17)21(28)29-22/h1-8H,9-13H2. The quantitative estimate of drug-likeness (QED) is 0.578. The lowest BCUT2D eigenvalue weighted by atomic mass is 9.84. The minimum absolute atomic E-state index is 0.282. The molecule has 0 atom stereocenters. The van der Waals surface area contributed by atoms with E-state index in [0.717, 1.165) is 10.5 Å². The molecule has 7 heteroatoms. The van der Waals surface area contributed by atoms with E-state index in [0.29, 0.717) is 42.6 Å². The van der Waals surface area contributed by atoms with Crippen molar-refractivity contribution in [2.45, 2.75) is 18.4 Å². The van der Waals surface area contributed by atoms with E-state index in [9.17, 15) is 19.2 Å². The Balaban J connectivity index is 1.28. The van der Waals surface area contributed by atoms with Gasteiger partial charge in [0.1, 0.15) is 12.1 Å². The summed E-state index contributed by atoms with van der Waals surface area (Å²) in [6.45, 7) is 0.503. The molecule has 5 rings (SSSR count). The third-order valence-electron chi connectivity index (χ3n) is 6.02. The van der Waals surface area contributed by atoms with Crippen molar-refractivity contribution in [3.05, 3.63) is 70.8 Å². The lowest BCUT2D eigenvalue weighted by Gasteiger charge is -2.38. The third kappa shape index (κ3) is 2.57. The fourth-order valence-electron chi connectivity index (χ4n) is 4.45. The Morgan fingerprint density at radius 3 is 2.03 bits per heavy atom. The normalized spacial score (nSPS) is 19.4. The molecule has 0 radical (unpaired) electrons. The van der Waals surface area contributed by atoms with Gasteiger partial charge in [0.05, 0.1) is 16.7 Å². The third-order valence-corrected chi connectivity index (χ3v) is 6.02. The van der Waals surface area contributed by atoms with E-state index in [1.807, 2.05) is 12.1 Å². The zero-order valence-corrected chi connectivity index (χ0v) is 15.6. The number of amides is 3. The predicted octanol–water partition coefficient (Wildman–Crippen LogP) is 1.97. The van der Waals surface area contributed by atoms with E-state index >= 15 is 0 Å². The molecule has 3 aliphatic heterocycles. The Morgan fingerprint density at radius 2 is 1.41 bits per heavy atom. The van der Waals surface area contributed by atoms with Crippen LogP contribution in [0, 0.1) is 0 Å². The SMILES string of the molecule is O=C1OC2(CCN(C(=O)CN3C(=O)c4ccccc4C3=O)CC2)c2ccccc21. The number of hydrogen-bond acceptors (Lipinski definition) is 5. The smallest absolute Gasteiger partial charge is 0.339 e. The number of benzene rings is 2. The molecule has 0 saturated carbocycles. The fraction of sp³-hybridized carbons (Fsp3) is 0.273. The summed E-state index contributed by atoms with van der Waals surface area (Å²) in [7, 11) is 0. The molecule has 2 aromatic rings. The van der Waals surface area contributed by atoms with Gasteiger partial charge in [-0.25, -0.2) is 4.79 Å². The maximum absolute atomic E-state index is 12.8. The van der Waals surface area contributed by atoms with E-state index in [2.05, 4.69) is 0 Å². The highest BCUT2D eigenvalue weighted by molar-refractivity contribution is 6.22. The number of rotatable bonds is 2. The zero-order chi connectivity index (χ0) is 20.2. The first kappa shape index (κ1) is 17.6. The van der Waals surface area contributed by atoms with E-state index < -0.39 is 17.4 Å². The average Bonchev–Trinajstić information content (AvgIpc) is 3.15. The monoisotopic (exact) mass is 390 g/mol. The maximum atomic E-state index is 12.8. The molecule has 3 aliphatic rings. The van der Waals surface area contributed by atoms with Gasteiger partial charge < -0.3 is 9.64 Å². The number of carbonyl (C=O) groups is 4. The van der Waals surface area contributed by atoms with Crippen LogP contribution in [0.3, 0.4) is 0 Å². The molecule has 3 heterocycles. The van der Waals surface area contributed by atoms with Crippen molar-refractivity contribution in [3.63, 3.8) is 0 Å². The molecule has 0 aliphatic carbocycles. The molecular formula is C22H18N2O5. The Hall–Kier alpha value is -3.48. The highest BCUT2D eigenvalue weighted by atomic mass is 16.6. The second-order valence-corrected chi connectivity index (χ2v) is 7.55. The number of esters is 1. The van der Waals surface area contributed by atoms with Crippen LogP contribution in [0.15, 0.2) is 48.5 Å². The summed E-state index contributed by atoms with van der Waals surface area (Å²) in [4.78, 5) is 52.6. The summed E-state index contributed by atoms with van der Waals surface area (Å²) in [5.41, 5.74) is 1.42. The molecule has 29 heavy (non-hydrogen) atoms. The highest BCUT2D eigenvalue weighted by Crippen LogP contribution is 2.44. The van der Waals surface area contributed by atoms with Crippen molar-refractivity contribution in [1.29, 1.82) is 0 Å². The van der Waals surface area contributed by atoms with Gasteiger partial charge in [-0.05, 0) is 18.2 Å². The van der Waals surface area contributed by atoms with Crippen LogP contribution in [0.5, 0.6) is 0 Å². The Kier molecular flexibility index (Phi) is 3.81. The molecule has 1 saturated heterocycles. The van der Waals surface area contributed by atoms with Gasteiger partial charge in [0.15, 0.2) is 0 Å². The maximum Gasteiger partial charge on any atom is 0.339 e. The van der Waals surface area contributed by atoms with Gasteiger partial charge in [-0.15, -0.1) is 0 Å². The number of likely N-dealkylation sites (tertiary alicyclic amines) is 1. The van der Waals surface area contributed by atoms with E-state index in [-0.39, 0.29) is 18.4 Å². The largest absolute Gasteiger partial charge is 0.450 e. The molecule has 2 aromatic carbocycles. The number of fused-ring (bicyclic) bond motifs is 3. The molecule has 1 fully saturated rings. The van der Waals surface area contributed by atoms with Crippen LogP contribution >= 0.6 is 0 Å². The molecule has 7 nitrogen and oxygen atoms in total. The number of ether oxygens (including phenoxy) is 1. The fourth-order valence-corrected chi connectivity index (χ4v) is 4.45. The number of carbonyl (C=O) groups excluding carboxylic acids is 4. The van der Waals surface area contributed by atoms with Crippen molar-refractivity contribution < 1.29 is 23.9 Å². The van der Waals surface area contributed by atoms with Gasteiger partial charge >= 0.3 is 5.97 Å². The first-order valence-corrected chi connectivity index (χ1v) is 9.56. The molecular weight excluding hydrogens is 372 g/mol. The summed E-state index contributed by atoms with van der Waals surface area (Å²) >= 11 is 0. The summed E-state index contributed by atoms with van der Waals surface area (Å²) < 4.78 is 5.70. The van der Waals surface area contributed by atoms with Crippen molar-refractivity contribution in [2.75, 3.05) is 19.6 Å². The molecule has 146 valence electrons. The van der Waals surface area contributed by atoms with Crippen LogP contribution in [0.4, 0.5) is 0 Å². The number of piperidine rings is 1. The minimum Gasteiger partial charge on any atom is -0.450 e. The van der Waals surface area contributed by atoms with Gasteiger partial charge in [-0.3, -0.25) is 19.3 Å². The zero-order valence-electron chi connectivity index (χ0n) is 15.6. The van der Waals surface area contributed by atoms with Crippen LogP contribution in [-0.2, 0) is 15.1 Å². The molecule has 1 spiro atoms. The van der Waals surface area contributed by atoms with Crippen LogP contribution in [0.25, 0.3) is 0 Å². The van der Waals surface area contributed by atoms with Crippen LogP contribution in [0.1, 0.15) is 49.5 Å². The van der Waals surface area contributed by atoms with Crippen LogP contribution in [0.2, 0.25) is 0 Å². The second kappa shape index (κ2) is 6.27. The highest BCUT2D eigenvalue weighted by Gasteiger charge is 2.48. The van der Waals surface area contributed by atoms with E-state index in [4.69, 9.17) is 4.74 Å². The van der Waals surface area contributed by atoms with Gasteiger partial charge in [0, 0.05) is 31.5 Å². The van der Waals surface area contributed by atoms with Crippen LogP contribution in [-0.4, -0.2) is 53.1 Å². The van der Waals surface area contributed by atoms with Gasteiger partial charge in [0.2, 0.25) is 5.91 Å². The molecule has 3 amide bonds. The summed E-state index contributed by atoms with van der Waals surface area (Å²) in [6.07, 6.45) is 0.979. The number of hydrogen-bond donors (Lipinski definition) is 0.